The van der Waals surface area contributed by atoms with E-state index >= 15 is 0 Å². The fraction of sp³-hybridized carbons (Fsp3) is 0.923. The summed E-state index contributed by atoms with van der Waals surface area (Å²) in [6.45, 7) is 7.50. The van der Waals surface area contributed by atoms with Crippen LogP contribution in [-0.4, -0.2) is 34.6 Å². The maximum absolute atomic E-state index is 11.3. The lowest BCUT2D eigenvalue weighted by atomic mass is 9.97. The van der Waals surface area contributed by atoms with Crippen LogP contribution in [0.2, 0.25) is 0 Å². The van der Waals surface area contributed by atoms with Gasteiger partial charge < -0.3 is 5.11 Å². The van der Waals surface area contributed by atoms with Gasteiger partial charge in [0.1, 0.15) is 6.04 Å². The zero-order valence-electron chi connectivity index (χ0n) is 10.8. The van der Waals surface area contributed by atoms with E-state index < -0.39 is 5.97 Å². The van der Waals surface area contributed by atoms with Crippen LogP contribution in [0.25, 0.3) is 0 Å². The van der Waals surface area contributed by atoms with Crippen LogP contribution >= 0.6 is 0 Å². The zero-order valence-corrected chi connectivity index (χ0v) is 10.8. The molecule has 1 fully saturated rings. The molecule has 0 spiro atoms. The van der Waals surface area contributed by atoms with Crippen LogP contribution in [-0.2, 0) is 4.79 Å². The van der Waals surface area contributed by atoms with Crippen LogP contribution < -0.4 is 0 Å². The number of likely N-dealkylation sites (tertiary alicyclic amines) is 1. The first kappa shape index (κ1) is 13.5. The number of hydrogen-bond acceptors (Lipinski definition) is 2. The molecule has 94 valence electrons. The minimum atomic E-state index is -0.638. The van der Waals surface area contributed by atoms with Crippen molar-refractivity contribution in [2.75, 3.05) is 6.54 Å². The molecule has 1 heterocycles. The molecule has 0 bridgehead atoms. The Morgan fingerprint density at radius 1 is 1.38 bits per heavy atom. The Kier molecular flexibility index (Phi) is 5.26. The molecule has 2 atom stereocenters. The summed E-state index contributed by atoms with van der Waals surface area (Å²) in [5.74, 6) is -0.106. The molecule has 0 aromatic carbocycles. The highest BCUT2D eigenvalue weighted by Crippen LogP contribution is 2.24. The Morgan fingerprint density at radius 2 is 2.06 bits per heavy atom. The summed E-state index contributed by atoms with van der Waals surface area (Å²) in [5, 5.41) is 9.32. The molecule has 0 aromatic rings. The molecule has 2 unspecified atom stereocenters. The van der Waals surface area contributed by atoms with E-state index in [2.05, 4.69) is 25.7 Å². The molecule has 1 aliphatic heterocycles. The van der Waals surface area contributed by atoms with Crippen LogP contribution in [0, 0.1) is 5.92 Å². The first-order valence-corrected chi connectivity index (χ1v) is 6.56. The first-order chi connectivity index (χ1) is 7.57. The third kappa shape index (κ3) is 3.21. The predicted molar refractivity (Wildman–Crippen MR) is 65.5 cm³/mol. The second kappa shape index (κ2) is 6.24. The third-order valence-corrected chi connectivity index (χ3v) is 3.69. The minimum Gasteiger partial charge on any atom is -0.480 e. The maximum Gasteiger partial charge on any atom is 0.320 e. The lowest BCUT2D eigenvalue weighted by Crippen LogP contribution is -2.48. The molecular formula is C13H25NO2. The third-order valence-electron chi connectivity index (χ3n) is 3.69. The van der Waals surface area contributed by atoms with E-state index in [0.29, 0.717) is 12.0 Å². The monoisotopic (exact) mass is 227 g/mol. The number of hydrogen-bond donors (Lipinski definition) is 1. The molecular weight excluding hydrogens is 202 g/mol. The van der Waals surface area contributed by atoms with Gasteiger partial charge in [0.2, 0.25) is 0 Å². The van der Waals surface area contributed by atoms with Gasteiger partial charge >= 0.3 is 5.97 Å². The zero-order chi connectivity index (χ0) is 12.1. The van der Waals surface area contributed by atoms with Gasteiger partial charge in [0.25, 0.3) is 0 Å². The summed E-state index contributed by atoms with van der Waals surface area (Å²) in [6.07, 6.45) is 5.24. The number of aliphatic carboxylic acids is 1. The largest absolute Gasteiger partial charge is 0.480 e. The lowest BCUT2D eigenvalue weighted by molar-refractivity contribution is -0.144. The van der Waals surface area contributed by atoms with Crippen molar-refractivity contribution in [3.63, 3.8) is 0 Å². The Balaban J connectivity index is 2.80. The molecule has 0 aliphatic carbocycles. The minimum absolute atomic E-state index is 0.255. The van der Waals surface area contributed by atoms with Gasteiger partial charge in [-0.05, 0) is 31.7 Å². The van der Waals surface area contributed by atoms with Gasteiger partial charge in [-0.3, -0.25) is 9.69 Å². The summed E-state index contributed by atoms with van der Waals surface area (Å²) in [4.78, 5) is 13.6. The normalized spacial score (nSPS) is 25.4. The summed E-state index contributed by atoms with van der Waals surface area (Å²) in [5.41, 5.74) is 0. The molecule has 1 saturated heterocycles. The highest BCUT2D eigenvalue weighted by atomic mass is 16.4. The van der Waals surface area contributed by atoms with Gasteiger partial charge in [0.05, 0.1) is 0 Å². The average Bonchev–Trinajstić information content (AvgIpc) is 2.44. The molecule has 1 rings (SSSR count). The van der Waals surface area contributed by atoms with Gasteiger partial charge in [-0.1, -0.05) is 33.6 Å². The van der Waals surface area contributed by atoms with Crippen LogP contribution in [0.3, 0.4) is 0 Å². The van der Waals surface area contributed by atoms with E-state index in [9.17, 15) is 9.90 Å². The van der Waals surface area contributed by atoms with Gasteiger partial charge in [0, 0.05) is 6.04 Å². The summed E-state index contributed by atoms with van der Waals surface area (Å²) >= 11 is 0. The van der Waals surface area contributed by atoms with Gasteiger partial charge in [0.15, 0.2) is 0 Å². The standard InChI is InChI=1S/C13H25NO2/c1-4-11(10(2)3)14-9-7-5-6-8-12(14)13(15)16/h10-12H,4-9H2,1-3H3,(H,15,16). The molecule has 0 aromatic heterocycles. The van der Waals surface area contributed by atoms with Crippen LogP contribution in [0.15, 0.2) is 0 Å². The summed E-state index contributed by atoms with van der Waals surface area (Å²) in [7, 11) is 0. The van der Waals surface area contributed by atoms with Gasteiger partial charge in [-0.2, -0.15) is 0 Å². The number of carboxylic acid groups (broad SMARTS) is 1. The Labute approximate surface area is 98.8 Å². The van der Waals surface area contributed by atoms with E-state index in [0.717, 1.165) is 32.2 Å². The molecule has 16 heavy (non-hydrogen) atoms. The molecule has 0 saturated carbocycles. The van der Waals surface area contributed by atoms with E-state index in [1.54, 1.807) is 0 Å². The molecule has 0 amide bonds. The van der Waals surface area contributed by atoms with Gasteiger partial charge in [-0.15, -0.1) is 0 Å². The van der Waals surface area contributed by atoms with Crippen molar-refractivity contribution in [2.45, 2.75) is 65.0 Å². The fourth-order valence-electron chi connectivity index (χ4n) is 2.88. The van der Waals surface area contributed by atoms with E-state index in [1.165, 1.54) is 6.42 Å². The number of rotatable bonds is 4. The van der Waals surface area contributed by atoms with Crippen molar-refractivity contribution in [3.8, 4) is 0 Å². The van der Waals surface area contributed by atoms with Gasteiger partial charge in [-0.25, -0.2) is 0 Å². The molecule has 1 N–H and O–H groups in total. The van der Waals surface area contributed by atoms with Crippen LogP contribution in [0.1, 0.15) is 52.9 Å². The van der Waals surface area contributed by atoms with Crippen LogP contribution in [0.5, 0.6) is 0 Å². The first-order valence-electron chi connectivity index (χ1n) is 6.56. The maximum atomic E-state index is 11.3. The number of carboxylic acids is 1. The highest BCUT2D eigenvalue weighted by molar-refractivity contribution is 5.73. The van der Waals surface area contributed by atoms with E-state index in [4.69, 9.17) is 0 Å². The smallest absolute Gasteiger partial charge is 0.320 e. The van der Waals surface area contributed by atoms with Crippen molar-refractivity contribution in [3.05, 3.63) is 0 Å². The number of nitrogens with zero attached hydrogens (tertiary/aromatic N) is 1. The Bertz CT molecular complexity index is 228. The van der Waals surface area contributed by atoms with Crippen molar-refractivity contribution in [1.82, 2.24) is 4.90 Å². The number of carbonyl (C=O) groups is 1. The average molecular weight is 227 g/mol. The molecule has 1 aliphatic rings. The SMILES string of the molecule is CCC(C(C)C)N1CCCCCC1C(=O)O. The second-order valence-corrected chi connectivity index (χ2v) is 5.16. The van der Waals surface area contributed by atoms with Crippen molar-refractivity contribution >= 4 is 5.97 Å². The molecule has 3 nitrogen and oxygen atoms in total. The molecule has 0 radical (unpaired) electrons. The second-order valence-electron chi connectivity index (χ2n) is 5.16. The summed E-state index contributed by atoms with van der Waals surface area (Å²) < 4.78 is 0. The van der Waals surface area contributed by atoms with Crippen molar-refractivity contribution in [1.29, 1.82) is 0 Å². The predicted octanol–water partition coefficient (Wildman–Crippen LogP) is 2.75. The topological polar surface area (TPSA) is 40.5 Å². The molecule has 3 heteroatoms. The highest BCUT2D eigenvalue weighted by Gasteiger charge is 2.32. The Hall–Kier alpha value is -0.570. The van der Waals surface area contributed by atoms with E-state index in [-0.39, 0.29) is 6.04 Å². The lowest BCUT2D eigenvalue weighted by Gasteiger charge is -2.36. The van der Waals surface area contributed by atoms with E-state index in [1.807, 2.05) is 0 Å². The Morgan fingerprint density at radius 3 is 2.56 bits per heavy atom. The van der Waals surface area contributed by atoms with Crippen molar-refractivity contribution in [2.24, 2.45) is 5.92 Å². The summed E-state index contributed by atoms with van der Waals surface area (Å²) in [6, 6.07) is 0.161. The van der Waals surface area contributed by atoms with Crippen molar-refractivity contribution < 1.29 is 9.90 Å². The van der Waals surface area contributed by atoms with Crippen LogP contribution in [0.4, 0.5) is 0 Å². The quantitative estimate of drug-likeness (QED) is 0.803. The fourth-order valence-corrected chi connectivity index (χ4v) is 2.88.